The van der Waals surface area contributed by atoms with Crippen LogP contribution in [0.3, 0.4) is 0 Å². The Hall–Kier alpha value is -1.57. The molecule has 0 unspecified atom stereocenters. The fourth-order valence-corrected chi connectivity index (χ4v) is 2.60. The summed E-state index contributed by atoms with van der Waals surface area (Å²) in [5.41, 5.74) is 9.34. The highest BCUT2D eigenvalue weighted by atomic mass is 127. The van der Waals surface area contributed by atoms with Crippen LogP contribution < -0.4 is 11.1 Å². The number of halogens is 1. The Bertz CT molecular complexity index is 661. The first-order chi connectivity index (χ1) is 10.7. The molecular formula is C17H24IN5. The summed E-state index contributed by atoms with van der Waals surface area (Å²) in [5, 5.41) is 7.43. The van der Waals surface area contributed by atoms with Crippen LogP contribution in [-0.4, -0.2) is 22.3 Å². The predicted molar refractivity (Wildman–Crippen MR) is 105 cm³/mol. The van der Waals surface area contributed by atoms with Gasteiger partial charge in [0.2, 0.25) is 0 Å². The maximum atomic E-state index is 5.93. The summed E-state index contributed by atoms with van der Waals surface area (Å²) in [6, 6.07) is 8.34. The van der Waals surface area contributed by atoms with Crippen LogP contribution in [0.4, 0.5) is 0 Å². The summed E-state index contributed by atoms with van der Waals surface area (Å²) in [6.45, 7) is 1.54. The highest BCUT2D eigenvalue weighted by Crippen LogP contribution is 2.25. The van der Waals surface area contributed by atoms with Gasteiger partial charge in [-0.25, -0.2) is 4.99 Å². The summed E-state index contributed by atoms with van der Waals surface area (Å²) in [4.78, 5) is 4.43. The van der Waals surface area contributed by atoms with Crippen molar-refractivity contribution in [2.24, 2.45) is 23.7 Å². The van der Waals surface area contributed by atoms with E-state index in [1.807, 2.05) is 30.2 Å². The van der Waals surface area contributed by atoms with Gasteiger partial charge < -0.3 is 11.1 Å². The Morgan fingerprint density at radius 2 is 2.22 bits per heavy atom. The van der Waals surface area contributed by atoms with Crippen molar-refractivity contribution in [1.29, 1.82) is 0 Å². The first-order valence-corrected chi connectivity index (χ1v) is 7.82. The minimum absolute atomic E-state index is 0. The SMILES string of the molecule is Cn1cc(-c2cccc(CN=C(N)NCC3CCC3)c2)cn1.I. The van der Waals surface area contributed by atoms with Crippen LogP contribution in [0.15, 0.2) is 41.7 Å². The lowest BCUT2D eigenvalue weighted by atomic mass is 9.85. The second-order valence-electron chi connectivity index (χ2n) is 5.98. The maximum absolute atomic E-state index is 5.93. The molecular weight excluding hydrogens is 401 g/mol. The largest absolute Gasteiger partial charge is 0.370 e. The van der Waals surface area contributed by atoms with Gasteiger partial charge in [0.25, 0.3) is 0 Å². The van der Waals surface area contributed by atoms with E-state index >= 15 is 0 Å². The first-order valence-electron chi connectivity index (χ1n) is 7.82. The maximum Gasteiger partial charge on any atom is 0.188 e. The summed E-state index contributed by atoms with van der Waals surface area (Å²) < 4.78 is 1.81. The van der Waals surface area contributed by atoms with Crippen molar-refractivity contribution >= 4 is 29.9 Å². The van der Waals surface area contributed by atoms with E-state index in [9.17, 15) is 0 Å². The zero-order chi connectivity index (χ0) is 15.4. The lowest BCUT2D eigenvalue weighted by molar-refractivity contribution is 0.315. The number of benzene rings is 1. The topological polar surface area (TPSA) is 68.2 Å². The van der Waals surface area contributed by atoms with Crippen molar-refractivity contribution in [2.75, 3.05) is 6.54 Å². The molecule has 6 heteroatoms. The average molecular weight is 425 g/mol. The predicted octanol–water partition coefficient (Wildman–Crippen LogP) is 2.91. The van der Waals surface area contributed by atoms with Gasteiger partial charge >= 0.3 is 0 Å². The van der Waals surface area contributed by atoms with Crippen molar-refractivity contribution in [3.05, 3.63) is 42.2 Å². The molecule has 2 aromatic rings. The van der Waals surface area contributed by atoms with E-state index in [2.05, 4.69) is 33.6 Å². The van der Waals surface area contributed by atoms with E-state index in [1.165, 1.54) is 19.3 Å². The molecule has 1 aliphatic rings. The van der Waals surface area contributed by atoms with Crippen LogP contribution in [0.1, 0.15) is 24.8 Å². The zero-order valence-corrected chi connectivity index (χ0v) is 15.7. The zero-order valence-electron chi connectivity index (χ0n) is 13.4. The molecule has 0 saturated heterocycles. The summed E-state index contributed by atoms with van der Waals surface area (Å²) in [7, 11) is 1.92. The fourth-order valence-electron chi connectivity index (χ4n) is 2.60. The minimum atomic E-state index is 0. The van der Waals surface area contributed by atoms with E-state index in [1.54, 1.807) is 0 Å². The van der Waals surface area contributed by atoms with E-state index in [0.29, 0.717) is 12.5 Å². The number of hydrogen-bond donors (Lipinski definition) is 2. The fraction of sp³-hybridized carbons (Fsp3) is 0.412. The quantitative estimate of drug-likeness (QED) is 0.440. The van der Waals surface area contributed by atoms with Gasteiger partial charge in [0.05, 0.1) is 12.7 Å². The van der Waals surface area contributed by atoms with Crippen molar-refractivity contribution in [2.45, 2.75) is 25.8 Å². The Morgan fingerprint density at radius 3 is 2.87 bits per heavy atom. The highest BCUT2D eigenvalue weighted by molar-refractivity contribution is 14.0. The summed E-state index contributed by atoms with van der Waals surface area (Å²) >= 11 is 0. The number of guanidine groups is 1. The number of aromatic nitrogens is 2. The number of nitrogens with two attached hydrogens (primary N) is 1. The molecule has 1 aliphatic carbocycles. The van der Waals surface area contributed by atoms with Crippen molar-refractivity contribution < 1.29 is 0 Å². The molecule has 0 radical (unpaired) electrons. The van der Waals surface area contributed by atoms with Gasteiger partial charge in [0.15, 0.2) is 5.96 Å². The molecule has 1 aromatic heterocycles. The van der Waals surface area contributed by atoms with Crippen molar-refractivity contribution in [1.82, 2.24) is 15.1 Å². The number of nitrogens with zero attached hydrogens (tertiary/aromatic N) is 3. The Labute approximate surface area is 154 Å². The second-order valence-corrected chi connectivity index (χ2v) is 5.98. The molecule has 0 atom stereocenters. The van der Waals surface area contributed by atoms with Crippen LogP contribution in [0.5, 0.6) is 0 Å². The normalized spacial score (nSPS) is 14.9. The number of hydrogen-bond acceptors (Lipinski definition) is 2. The lowest BCUT2D eigenvalue weighted by Crippen LogP contribution is -2.37. The van der Waals surface area contributed by atoms with E-state index < -0.39 is 0 Å². The molecule has 0 aliphatic heterocycles. The molecule has 124 valence electrons. The van der Waals surface area contributed by atoms with Gasteiger partial charge in [-0.05, 0) is 36.0 Å². The van der Waals surface area contributed by atoms with Crippen LogP contribution in [0.25, 0.3) is 11.1 Å². The van der Waals surface area contributed by atoms with Crippen LogP contribution in [0.2, 0.25) is 0 Å². The molecule has 1 fully saturated rings. The standard InChI is InChI=1S/C17H23N5.HI/c1-22-12-16(11-21-22)15-7-3-6-14(8-15)10-20-17(18)19-9-13-4-2-5-13;/h3,6-8,11-13H,2,4-5,9-10H2,1H3,(H3,18,19,20);1H. The third-order valence-electron chi connectivity index (χ3n) is 4.19. The molecule has 23 heavy (non-hydrogen) atoms. The van der Waals surface area contributed by atoms with E-state index in [4.69, 9.17) is 5.73 Å². The lowest BCUT2D eigenvalue weighted by Gasteiger charge is -2.25. The van der Waals surface area contributed by atoms with Gasteiger partial charge in [-0.2, -0.15) is 5.10 Å². The molecule has 0 bridgehead atoms. The molecule has 3 rings (SSSR count). The molecule has 1 heterocycles. The number of aliphatic imine (C=N–C) groups is 1. The third-order valence-corrected chi connectivity index (χ3v) is 4.19. The second kappa shape index (κ2) is 8.33. The Balaban J connectivity index is 0.00000192. The van der Waals surface area contributed by atoms with E-state index in [0.717, 1.165) is 29.2 Å². The van der Waals surface area contributed by atoms with Gasteiger partial charge in [-0.3, -0.25) is 4.68 Å². The number of rotatable bonds is 5. The highest BCUT2D eigenvalue weighted by Gasteiger charge is 2.16. The summed E-state index contributed by atoms with van der Waals surface area (Å²) in [6.07, 6.45) is 7.86. The molecule has 1 saturated carbocycles. The smallest absolute Gasteiger partial charge is 0.188 e. The van der Waals surface area contributed by atoms with Crippen molar-refractivity contribution in [3.63, 3.8) is 0 Å². The van der Waals surface area contributed by atoms with Crippen LogP contribution in [0, 0.1) is 5.92 Å². The van der Waals surface area contributed by atoms with Gasteiger partial charge in [-0.1, -0.05) is 24.6 Å². The number of aryl methyl sites for hydroxylation is 1. The van der Waals surface area contributed by atoms with Gasteiger partial charge in [0, 0.05) is 25.4 Å². The van der Waals surface area contributed by atoms with Gasteiger partial charge in [0.1, 0.15) is 0 Å². The number of nitrogens with one attached hydrogen (secondary N) is 1. The Morgan fingerprint density at radius 1 is 1.39 bits per heavy atom. The third kappa shape index (κ3) is 4.95. The molecule has 0 spiro atoms. The monoisotopic (exact) mass is 425 g/mol. The van der Waals surface area contributed by atoms with E-state index in [-0.39, 0.29) is 24.0 Å². The Kier molecular flexibility index (Phi) is 6.44. The molecule has 5 nitrogen and oxygen atoms in total. The van der Waals surface area contributed by atoms with Crippen LogP contribution >= 0.6 is 24.0 Å². The van der Waals surface area contributed by atoms with Gasteiger partial charge in [-0.15, -0.1) is 24.0 Å². The molecule has 1 aromatic carbocycles. The molecule has 3 N–H and O–H groups in total. The minimum Gasteiger partial charge on any atom is -0.370 e. The average Bonchev–Trinajstić information content (AvgIpc) is 2.90. The van der Waals surface area contributed by atoms with Crippen LogP contribution in [-0.2, 0) is 13.6 Å². The summed E-state index contributed by atoms with van der Waals surface area (Å²) in [5.74, 6) is 1.32. The van der Waals surface area contributed by atoms with Crippen molar-refractivity contribution in [3.8, 4) is 11.1 Å². The first kappa shape index (κ1) is 17.8. The molecule has 0 amide bonds.